The standard InChI is InChI=1S/C19H27N3O4/c1-4-19(2,3)21-16(23)13-26-18(25)15-9-5-6-11-22(15)17(24)14-8-7-10-20-12-14/h7-8,10,12,15H,4-6,9,11,13H2,1-3H3,(H,21,23)/t15-/m1/s1. The Labute approximate surface area is 154 Å². The molecule has 0 bridgehead atoms. The summed E-state index contributed by atoms with van der Waals surface area (Å²) >= 11 is 0. The van der Waals surface area contributed by atoms with E-state index in [0.717, 1.165) is 19.3 Å². The van der Waals surface area contributed by atoms with Crippen LogP contribution in [0.2, 0.25) is 0 Å². The molecule has 2 amide bonds. The van der Waals surface area contributed by atoms with E-state index in [1.54, 1.807) is 18.3 Å². The first-order valence-corrected chi connectivity index (χ1v) is 9.02. The third-order valence-electron chi connectivity index (χ3n) is 4.65. The third-order valence-corrected chi connectivity index (χ3v) is 4.65. The van der Waals surface area contributed by atoms with E-state index < -0.39 is 12.0 Å². The van der Waals surface area contributed by atoms with Crippen molar-refractivity contribution in [1.82, 2.24) is 15.2 Å². The molecule has 1 saturated heterocycles. The number of rotatable bonds is 6. The van der Waals surface area contributed by atoms with Gasteiger partial charge < -0.3 is 15.0 Å². The molecule has 26 heavy (non-hydrogen) atoms. The molecule has 142 valence electrons. The Morgan fingerprint density at radius 2 is 2.12 bits per heavy atom. The van der Waals surface area contributed by atoms with Crippen LogP contribution >= 0.6 is 0 Å². The van der Waals surface area contributed by atoms with E-state index in [-0.39, 0.29) is 24.0 Å². The van der Waals surface area contributed by atoms with Crippen LogP contribution in [0.1, 0.15) is 56.8 Å². The lowest BCUT2D eigenvalue weighted by Gasteiger charge is -2.34. The number of carbonyl (C=O) groups is 3. The lowest BCUT2D eigenvalue weighted by molar-refractivity contribution is -0.154. The SMILES string of the molecule is CCC(C)(C)NC(=O)COC(=O)[C@H]1CCCCN1C(=O)c1cccnc1. The fourth-order valence-corrected chi connectivity index (χ4v) is 2.81. The quantitative estimate of drug-likeness (QED) is 0.782. The van der Waals surface area contributed by atoms with Crippen molar-refractivity contribution in [1.29, 1.82) is 0 Å². The number of likely N-dealkylation sites (tertiary alicyclic amines) is 1. The lowest BCUT2D eigenvalue weighted by atomic mass is 10.0. The van der Waals surface area contributed by atoms with E-state index in [1.165, 1.54) is 11.1 Å². The minimum Gasteiger partial charge on any atom is -0.454 e. The van der Waals surface area contributed by atoms with Gasteiger partial charge in [-0.2, -0.15) is 0 Å². The normalized spacial score (nSPS) is 17.5. The number of nitrogens with zero attached hydrogens (tertiary/aromatic N) is 2. The molecule has 0 radical (unpaired) electrons. The van der Waals surface area contributed by atoms with E-state index >= 15 is 0 Å². The van der Waals surface area contributed by atoms with E-state index in [1.807, 2.05) is 20.8 Å². The molecule has 7 heteroatoms. The summed E-state index contributed by atoms with van der Waals surface area (Å²) in [6.45, 7) is 5.93. The van der Waals surface area contributed by atoms with Gasteiger partial charge >= 0.3 is 5.97 Å². The Kier molecular flexibility index (Phi) is 6.71. The number of ether oxygens (including phenoxy) is 1. The van der Waals surface area contributed by atoms with Crippen LogP contribution in [0.5, 0.6) is 0 Å². The number of hydrogen-bond acceptors (Lipinski definition) is 5. The summed E-state index contributed by atoms with van der Waals surface area (Å²) in [7, 11) is 0. The number of piperidine rings is 1. The maximum Gasteiger partial charge on any atom is 0.329 e. The van der Waals surface area contributed by atoms with Crippen molar-refractivity contribution in [3.8, 4) is 0 Å². The highest BCUT2D eigenvalue weighted by atomic mass is 16.5. The summed E-state index contributed by atoms with van der Waals surface area (Å²) in [6, 6.07) is 2.69. The first kappa shape index (κ1) is 19.9. The Morgan fingerprint density at radius 3 is 2.77 bits per heavy atom. The van der Waals surface area contributed by atoms with Crippen LogP contribution in [0.4, 0.5) is 0 Å². The zero-order chi connectivity index (χ0) is 19.2. The summed E-state index contributed by atoms with van der Waals surface area (Å²) in [6.07, 6.45) is 6.05. The molecule has 1 aliphatic rings. The number of amides is 2. The van der Waals surface area contributed by atoms with Gasteiger partial charge in [-0.1, -0.05) is 6.92 Å². The van der Waals surface area contributed by atoms with Gasteiger partial charge in [0.05, 0.1) is 5.56 Å². The smallest absolute Gasteiger partial charge is 0.329 e. The van der Waals surface area contributed by atoms with Crippen molar-refractivity contribution in [3.05, 3.63) is 30.1 Å². The van der Waals surface area contributed by atoms with Gasteiger partial charge in [-0.05, 0) is 51.7 Å². The molecule has 1 aliphatic heterocycles. The molecule has 1 aromatic heterocycles. The molecule has 1 atom stereocenters. The highest BCUT2D eigenvalue weighted by molar-refractivity contribution is 5.96. The zero-order valence-electron chi connectivity index (χ0n) is 15.7. The molecule has 0 unspecified atom stereocenters. The fraction of sp³-hybridized carbons (Fsp3) is 0.579. The van der Waals surface area contributed by atoms with Gasteiger partial charge in [-0.15, -0.1) is 0 Å². The molecule has 1 fully saturated rings. The second kappa shape index (κ2) is 8.78. The van der Waals surface area contributed by atoms with Crippen LogP contribution in [0.15, 0.2) is 24.5 Å². The number of pyridine rings is 1. The molecule has 7 nitrogen and oxygen atoms in total. The molecule has 1 aromatic rings. The van der Waals surface area contributed by atoms with Gasteiger partial charge in [-0.25, -0.2) is 4.79 Å². The predicted molar refractivity (Wildman–Crippen MR) is 96.4 cm³/mol. The number of nitrogens with one attached hydrogen (secondary N) is 1. The molecule has 0 spiro atoms. The molecule has 2 heterocycles. The van der Waals surface area contributed by atoms with Crippen LogP contribution in [0.25, 0.3) is 0 Å². The van der Waals surface area contributed by atoms with Crippen LogP contribution < -0.4 is 5.32 Å². The fourth-order valence-electron chi connectivity index (χ4n) is 2.81. The van der Waals surface area contributed by atoms with E-state index in [0.29, 0.717) is 18.5 Å². The average Bonchev–Trinajstić information content (AvgIpc) is 2.66. The first-order valence-electron chi connectivity index (χ1n) is 9.02. The maximum atomic E-state index is 12.7. The van der Waals surface area contributed by atoms with Gasteiger partial charge in [0, 0.05) is 24.5 Å². The van der Waals surface area contributed by atoms with Crippen LogP contribution in [-0.2, 0) is 14.3 Å². The van der Waals surface area contributed by atoms with Crippen LogP contribution in [0, 0.1) is 0 Å². The van der Waals surface area contributed by atoms with Crippen LogP contribution in [0.3, 0.4) is 0 Å². The molecule has 2 rings (SSSR count). The summed E-state index contributed by atoms with van der Waals surface area (Å²) in [5, 5.41) is 2.82. The van der Waals surface area contributed by atoms with Crippen LogP contribution in [-0.4, -0.2) is 52.4 Å². The first-order chi connectivity index (χ1) is 12.3. The average molecular weight is 361 g/mol. The largest absolute Gasteiger partial charge is 0.454 e. The number of carbonyl (C=O) groups excluding carboxylic acids is 3. The van der Waals surface area contributed by atoms with Crippen molar-refractivity contribution in [2.45, 2.75) is 58.0 Å². The second-order valence-electron chi connectivity index (χ2n) is 7.15. The minimum atomic E-state index is -0.663. The monoisotopic (exact) mass is 361 g/mol. The molecule has 0 saturated carbocycles. The van der Waals surface area contributed by atoms with Crippen molar-refractivity contribution in [2.75, 3.05) is 13.2 Å². The summed E-state index contributed by atoms with van der Waals surface area (Å²) in [4.78, 5) is 42.6. The molecule has 0 aromatic carbocycles. The van der Waals surface area contributed by atoms with E-state index in [9.17, 15) is 14.4 Å². The molecule has 1 N–H and O–H groups in total. The lowest BCUT2D eigenvalue weighted by Crippen LogP contribution is -2.50. The Bertz CT molecular complexity index is 645. The van der Waals surface area contributed by atoms with Gasteiger partial charge in [0.1, 0.15) is 6.04 Å². The summed E-state index contributed by atoms with van der Waals surface area (Å²) < 4.78 is 5.19. The zero-order valence-corrected chi connectivity index (χ0v) is 15.7. The molecular formula is C19H27N3O4. The minimum absolute atomic E-state index is 0.240. The Morgan fingerprint density at radius 1 is 1.35 bits per heavy atom. The number of hydrogen-bond donors (Lipinski definition) is 1. The Hall–Kier alpha value is -2.44. The van der Waals surface area contributed by atoms with Crippen molar-refractivity contribution < 1.29 is 19.1 Å². The van der Waals surface area contributed by atoms with Gasteiger partial charge in [0.2, 0.25) is 0 Å². The summed E-state index contributed by atoms with van der Waals surface area (Å²) in [5.74, 6) is -1.12. The predicted octanol–water partition coefficient (Wildman–Crippen LogP) is 1.92. The van der Waals surface area contributed by atoms with Crippen molar-refractivity contribution in [2.24, 2.45) is 0 Å². The second-order valence-corrected chi connectivity index (χ2v) is 7.15. The molecule has 0 aliphatic carbocycles. The third kappa shape index (κ3) is 5.28. The maximum absolute atomic E-state index is 12.7. The Balaban J connectivity index is 1.97. The van der Waals surface area contributed by atoms with Crippen molar-refractivity contribution in [3.63, 3.8) is 0 Å². The molecular weight excluding hydrogens is 334 g/mol. The van der Waals surface area contributed by atoms with E-state index in [4.69, 9.17) is 4.74 Å². The van der Waals surface area contributed by atoms with Gasteiger partial charge in [0.25, 0.3) is 11.8 Å². The highest BCUT2D eigenvalue weighted by Gasteiger charge is 2.34. The summed E-state index contributed by atoms with van der Waals surface area (Å²) in [5.41, 5.74) is 0.0889. The number of esters is 1. The van der Waals surface area contributed by atoms with E-state index in [2.05, 4.69) is 10.3 Å². The number of aromatic nitrogens is 1. The van der Waals surface area contributed by atoms with Crippen molar-refractivity contribution >= 4 is 17.8 Å². The topological polar surface area (TPSA) is 88.6 Å². The highest BCUT2D eigenvalue weighted by Crippen LogP contribution is 2.20. The van der Waals surface area contributed by atoms with Gasteiger partial charge in [-0.3, -0.25) is 14.6 Å². The van der Waals surface area contributed by atoms with Gasteiger partial charge in [0.15, 0.2) is 6.61 Å².